The second-order valence-corrected chi connectivity index (χ2v) is 9.88. The van der Waals surface area contributed by atoms with Crippen molar-refractivity contribution >= 4 is 23.2 Å². The zero-order chi connectivity index (χ0) is 28.0. The minimum absolute atomic E-state index is 0.0283. The van der Waals surface area contributed by atoms with E-state index >= 15 is 0 Å². The Balaban J connectivity index is 1.78. The number of carbonyl (C=O) groups is 2. The summed E-state index contributed by atoms with van der Waals surface area (Å²) in [7, 11) is 4.77. The Kier molecular flexibility index (Phi) is 12.1. The third kappa shape index (κ3) is 9.01. The van der Waals surface area contributed by atoms with Gasteiger partial charge in [-0.25, -0.2) is 0 Å². The quantitative estimate of drug-likeness (QED) is 0.234. The molecular weight excluding hydrogens is 516 g/mol. The summed E-state index contributed by atoms with van der Waals surface area (Å²) in [4.78, 5) is 31.7. The summed E-state index contributed by atoms with van der Waals surface area (Å²) in [6.45, 7) is 4.40. The third-order valence-corrected chi connectivity index (χ3v) is 7.11. The van der Waals surface area contributed by atoms with Crippen LogP contribution in [0.5, 0.6) is 17.2 Å². The zero-order valence-electron chi connectivity index (χ0n) is 23.2. The molecule has 3 aromatic rings. The number of ether oxygens (including phenoxy) is 4. The van der Waals surface area contributed by atoms with Gasteiger partial charge in [0.2, 0.25) is 5.91 Å². The van der Waals surface area contributed by atoms with Crippen LogP contribution in [0.2, 0.25) is 0 Å². The van der Waals surface area contributed by atoms with Crippen LogP contribution in [-0.2, 0) is 22.5 Å². The first kappa shape index (κ1) is 30.0. The van der Waals surface area contributed by atoms with Crippen LogP contribution in [0.3, 0.4) is 0 Å². The molecule has 0 spiro atoms. The van der Waals surface area contributed by atoms with Gasteiger partial charge in [-0.1, -0.05) is 18.2 Å². The van der Waals surface area contributed by atoms with Crippen molar-refractivity contribution in [3.8, 4) is 17.2 Å². The Morgan fingerprint density at radius 1 is 0.872 bits per heavy atom. The fourth-order valence-corrected chi connectivity index (χ4v) is 4.86. The van der Waals surface area contributed by atoms with Gasteiger partial charge in [0.05, 0.1) is 27.9 Å². The van der Waals surface area contributed by atoms with Crippen LogP contribution in [-0.4, -0.2) is 75.8 Å². The van der Waals surface area contributed by atoms with Crippen LogP contribution >= 0.6 is 11.3 Å². The number of hydrogen-bond acceptors (Lipinski definition) is 7. The summed E-state index contributed by atoms with van der Waals surface area (Å²) in [6.07, 6.45) is 1.26. The summed E-state index contributed by atoms with van der Waals surface area (Å²) >= 11 is 1.61. The molecule has 2 aromatic carbocycles. The molecule has 0 atom stereocenters. The van der Waals surface area contributed by atoms with Crippen LogP contribution < -0.4 is 14.2 Å². The van der Waals surface area contributed by atoms with E-state index < -0.39 is 0 Å². The fourth-order valence-electron chi connectivity index (χ4n) is 4.14. The Hall–Kier alpha value is -3.56. The molecule has 0 aliphatic rings. The number of thiophene rings is 1. The van der Waals surface area contributed by atoms with Gasteiger partial charge in [-0.15, -0.1) is 11.3 Å². The molecule has 0 aliphatic heterocycles. The molecule has 2 amide bonds. The molecule has 39 heavy (non-hydrogen) atoms. The maximum atomic E-state index is 13.7. The number of rotatable bonds is 16. The fraction of sp³-hybridized carbons (Fsp3) is 0.400. The monoisotopic (exact) mass is 554 g/mol. The van der Waals surface area contributed by atoms with Gasteiger partial charge >= 0.3 is 0 Å². The van der Waals surface area contributed by atoms with Crippen molar-refractivity contribution < 1.29 is 28.5 Å². The minimum Gasteiger partial charge on any atom is -0.497 e. The lowest BCUT2D eigenvalue weighted by molar-refractivity contribution is -0.132. The van der Waals surface area contributed by atoms with E-state index in [1.54, 1.807) is 61.8 Å². The summed E-state index contributed by atoms with van der Waals surface area (Å²) < 4.78 is 21.6. The molecule has 0 saturated carbocycles. The van der Waals surface area contributed by atoms with Gasteiger partial charge in [-0.2, -0.15) is 0 Å². The minimum atomic E-state index is -0.213. The lowest BCUT2D eigenvalue weighted by Crippen LogP contribution is -2.44. The molecule has 1 heterocycles. The Morgan fingerprint density at radius 2 is 1.69 bits per heavy atom. The second kappa shape index (κ2) is 15.8. The van der Waals surface area contributed by atoms with Gasteiger partial charge in [-0.3, -0.25) is 9.59 Å². The topological polar surface area (TPSA) is 77.5 Å². The number of benzene rings is 2. The molecule has 0 unspecified atom stereocenters. The average Bonchev–Trinajstić information content (AvgIpc) is 3.49. The van der Waals surface area contributed by atoms with Crippen LogP contribution in [0, 0.1) is 0 Å². The van der Waals surface area contributed by atoms with Crippen LogP contribution in [0.4, 0.5) is 0 Å². The van der Waals surface area contributed by atoms with Gasteiger partial charge < -0.3 is 28.7 Å². The molecule has 0 saturated heterocycles. The van der Waals surface area contributed by atoms with E-state index in [-0.39, 0.29) is 18.4 Å². The molecule has 0 radical (unpaired) electrons. The van der Waals surface area contributed by atoms with E-state index in [0.29, 0.717) is 68.5 Å². The maximum Gasteiger partial charge on any atom is 0.254 e. The third-order valence-electron chi connectivity index (χ3n) is 6.25. The van der Waals surface area contributed by atoms with Gasteiger partial charge in [0, 0.05) is 36.7 Å². The molecule has 8 nitrogen and oxygen atoms in total. The highest BCUT2D eigenvalue weighted by Gasteiger charge is 2.23. The van der Waals surface area contributed by atoms with Crippen LogP contribution in [0.25, 0.3) is 0 Å². The Bertz CT molecular complexity index is 1180. The summed E-state index contributed by atoms with van der Waals surface area (Å²) in [5.41, 5.74) is 1.51. The highest BCUT2D eigenvalue weighted by Crippen LogP contribution is 2.28. The molecule has 9 heteroatoms. The highest BCUT2D eigenvalue weighted by atomic mass is 32.1. The van der Waals surface area contributed by atoms with Crippen molar-refractivity contribution in [1.82, 2.24) is 9.80 Å². The smallest absolute Gasteiger partial charge is 0.254 e. The first-order valence-corrected chi connectivity index (χ1v) is 13.9. The second-order valence-electron chi connectivity index (χ2n) is 8.84. The highest BCUT2D eigenvalue weighted by molar-refractivity contribution is 7.09. The molecule has 3 rings (SSSR count). The largest absolute Gasteiger partial charge is 0.497 e. The van der Waals surface area contributed by atoms with Crippen LogP contribution in [0.15, 0.2) is 60.0 Å². The van der Waals surface area contributed by atoms with Crippen molar-refractivity contribution in [2.75, 3.05) is 54.2 Å². The molecular formula is C30H38N2O6S. The van der Waals surface area contributed by atoms with Gasteiger partial charge in [0.25, 0.3) is 5.91 Å². The standard InChI is InChI=1S/C30H38N2O6S/c1-5-38-17-8-15-32(30(34)24-9-6-10-25(20-24)35-2)22-29(33)31(21-26-11-7-18-39-26)16-14-23-12-13-27(36-3)28(19-23)37-4/h6-7,9-13,18-20H,5,8,14-17,21-22H2,1-4H3. The maximum absolute atomic E-state index is 13.7. The Morgan fingerprint density at radius 3 is 2.38 bits per heavy atom. The van der Waals surface area contributed by atoms with Crippen LogP contribution in [0.1, 0.15) is 34.1 Å². The van der Waals surface area contributed by atoms with Gasteiger partial charge in [0.15, 0.2) is 11.5 Å². The molecule has 0 bridgehead atoms. The van der Waals surface area contributed by atoms with Crippen molar-refractivity contribution in [1.29, 1.82) is 0 Å². The number of amides is 2. The van der Waals surface area contributed by atoms with Crippen molar-refractivity contribution in [3.63, 3.8) is 0 Å². The number of nitrogens with zero attached hydrogens (tertiary/aromatic N) is 2. The van der Waals surface area contributed by atoms with E-state index in [4.69, 9.17) is 18.9 Å². The van der Waals surface area contributed by atoms with Crippen molar-refractivity contribution in [3.05, 3.63) is 76.0 Å². The van der Waals surface area contributed by atoms with E-state index in [0.717, 1.165) is 10.4 Å². The SMILES string of the molecule is CCOCCCN(CC(=O)N(CCc1ccc(OC)c(OC)c1)Cc1cccs1)C(=O)c1cccc(OC)c1. The molecule has 0 aliphatic carbocycles. The molecule has 210 valence electrons. The predicted octanol–water partition coefficient (Wildman–Crippen LogP) is 4.91. The van der Waals surface area contributed by atoms with Gasteiger partial charge in [-0.05, 0) is 67.1 Å². The molecule has 0 N–H and O–H groups in total. The lowest BCUT2D eigenvalue weighted by Gasteiger charge is -2.28. The van der Waals surface area contributed by atoms with E-state index in [9.17, 15) is 9.59 Å². The first-order valence-electron chi connectivity index (χ1n) is 13.0. The lowest BCUT2D eigenvalue weighted by atomic mass is 10.1. The first-order chi connectivity index (χ1) is 19.0. The van der Waals surface area contributed by atoms with Crippen molar-refractivity contribution in [2.24, 2.45) is 0 Å². The summed E-state index contributed by atoms with van der Waals surface area (Å²) in [5.74, 6) is 1.57. The molecule has 0 fully saturated rings. The van der Waals surface area contributed by atoms with E-state index in [1.807, 2.05) is 47.5 Å². The Labute approximate surface area is 235 Å². The van der Waals surface area contributed by atoms with Gasteiger partial charge in [0.1, 0.15) is 12.3 Å². The van der Waals surface area contributed by atoms with E-state index in [1.165, 1.54) is 0 Å². The zero-order valence-corrected chi connectivity index (χ0v) is 24.0. The average molecular weight is 555 g/mol. The number of hydrogen-bond donors (Lipinski definition) is 0. The summed E-state index contributed by atoms with van der Waals surface area (Å²) in [5, 5.41) is 2.00. The van der Waals surface area contributed by atoms with E-state index in [2.05, 4.69) is 0 Å². The molecule has 1 aromatic heterocycles. The number of methoxy groups -OCH3 is 3. The predicted molar refractivity (Wildman–Crippen MR) is 153 cm³/mol. The number of carbonyl (C=O) groups excluding carboxylic acids is 2. The summed E-state index contributed by atoms with van der Waals surface area (Å²) in [6, 6.07) is 16.8. The van der Waals surface area contributed by atoms with Crippen molar-refractivity contribution in [2.45, 2.75) is 26.3 Å². The normalized spacial score (nSPS) is 10.7.